The maximum Gasteiger partial charge on any atom is 0.343 e. The minimum Gasteiger partial charge on any atom is -0.494 e. The second kappa shape index (κ2) is 24.5. The highest BCUT2D eigenvalue weighted by Gasteiger charge is 2.09. The summed E-state index contributed by atoms with van der Waals surface area (Å²) >= 11 is 0. The monoisotopic (exact) mass is 765 g/mol. The lowest BCUT2D eigenvalue weighted by molar-refractivity contribution is 0.0734. The molecule has 9 nitrogen and oxygen atoms in total. The van der Waals surface area contributed by atoms with Crippen molar-refractivity contribution >= 4 is 40.6 Å². The zero-order valence-electron chi connectivity index (χ0n) is 33.4. The molecule has 0 aliphatic carbocycles. The molecule has 0 aliphatic rings. The SMILES string of the molecule is CCCCCCCCCCCCOc1ccc(N=Nc2ccc(N=Cc3cccc(OC(=O)c4ccc(N=Nc5ccc(OCCCC)cc5)cc4)c3)cc2)cc1. The fourth-order valence-electron chi connectivity index (χ4n) is 5.81. The first-order valence-electron chi connectivity index (χ1n) is 20.4. The van der Waals surface area contributed by atoms with Crippen LogP contribution in [-0.4, -0.2) is 25.4 Å². The number of esters is 1. The quantitative estimate of drug-likeness (QED) is 0.0205. The molecule has 0 amide bonds. The third-order valence-electron chi connectivity index (χ3n) is 9.15. The van der Waals surface area contributed by atoms with Crippen LogP contribution in [0.5, 0.6) is 17.2 Å². The van der Waals surface area contributed by atoms with Crippen LogP contribution in [0.4, 0.5) is 28.4 Å². The van der Waals surface area contributed by atoms with Gasteiger partial charge >= 0.3 is 5.97 Å². The zero-order valence-corrected chi connectivity index (χ0v) is 33.4. The molecule has 0 spiro atoms. The summed E-state index contributed by atoms with van der Waals surface area (Å²) in [6.07, 6.45) is 16.9. The van der Waals surface area contributed by atoms with E-state index in [1.165, 1.54) is 57.8 Å². The molecule has 0 radical (unpaired) electrons. The van der Waals surface area contributed by atoms with Gasteiger partial charge in [0.1, 0.15) is 17.2 Å². The van der Waals surface area contributed by atoms with E-state index in [1.807, 2.05) is 84.9 Å². The van der Waals surface area contributed by atoms with E-state index in [2.05, 4.69) is 39.3 Å². The van der Waals surface area contributed by atoms with Gasteiger partial charge in [0.25, 0.3) is 0 Å². The molecule has 0 fully saturated rings. The number of unbranched alkanes of at least 4 members (excludes halogenated alkanes) is 10. The number of azo groups is 2. The van der Waals surface area contributed by atoms with Crippen molar-refractivity contribution in [2.24, 2.45) is 25.4 Å². The molecule has 0 saturated carbocycles. The van der Waals surface area contributed by atoms with Crippen molar-refractivity contribution in [3.05, 3.63) is 132 Å². The summed E-state index contributed by atoms with van der Waals surface area (Å²) in [5.41, 5.74) is 4.75. The maximum atomic E-state index is 12.9. The third-order valence-corrected chi connectivity index (χ3v) is 9.15. The summed E-state index contributed by atoms with van der Waals surface area (Å²) in [5, 5.41) is 17.3. The number of carbonyl (C=O) groups is 1. The van der Waals surface area contributed by atoms with Gasteiger partial charge in [-0.25, -0.2) is 4.79 Å². The second-order valence-corrected chi connectivity index (χ2v) is 13.9. The van der Waals surface area contributed by atoms with Crippen LogP contribution in [0.25, 0.3) is 0 Å². The average molecular weight is 766 g/mol. The summed E-state index contributed by atoms with van der Waals surface area (Å²) < 4.78 is 17.3. The first kappa shape index (κ1) is 42.2. The number of carbonyl (C=O) groups excluding carboxylic acids is 1. The summed E-state index contributed by atoms with van der Waals surface area (Å²) in [7, 11) is 0. The lowest BCUT2D eigenvalue weighted by atomic mass is 10.1. The predicted octanol–water partition coefficient (Wildman–Crippen LogP) is 15.0. The van der Waals surface area contributed by atoms with Crippen molar-refractivity contribution < 1.29 is 19.0 Å². The average Bonchev–Trinajstić information content (AvgIpc) is 3.25. The molecule has 5 aromatic rings. The fourth-order valence-corrected chi connectivity index (χ4v) is 5.81. The molecule has 5 rings (SSSR count). The molecule has 0 unspecified atom stereocenters. The number of hydrogen-bond donors (Lipinski definition) is 0. The topological polar surface area (TPSA) is 107 Å². The van der Waals surface area contributed by atoms with Gasteiger partial charge in [-0.1, -0.05) is 90.2 Å². The molecular weight excluding hydrogens is 711 g/mol. The van der Waals surface area contributed by atoms with Gasteiger partial charge in [-0.05, 0) is 128 Å². The Morgan fingerprint density at radius 3 is 1.44 bits per heavy atom. The van der Waals surface area contributed by atoms with Gasteiger partial charge < -0.3 is 14.2 Å². The van der Waals surface area contributed by atoms with Crippen molar-refractivity contribution in [2.75, 3.05) is 13.2 Å². The predicted molar refractivity (Wildman–Crippen MR) is 231 cm³/mol. The Bertz CT molecular complexity index is 1990. The van der Waals surface area contributed by atoms with E-state index in [0.717, 1.165) is 60.0 Å². The smallest absolute Gasteiger partial charge is 0.343 e. The van der Waals surface area contributed by atoms with Crippen LogP contribution in [-0.2, 0) is 0 Å². The van der Waals surface area contributed by atoms with E-state index in [1.54, 1.807) is 42.6 Å². The minimum absolute atomic E-state index is 0.402. The molecule has 57 heavy (non-hydrogen) atoms. The second-order valence-electron chi connectivity index (χ2n) is 13.9. The van der Waals surface area contributed by atoms with Gasteiger partial charge in [-0.15, -0.1) is 0 Å². The first-order valence-corrected chi connectivity index (χ1v) is 20.4. The van der Waals surface area contributed by atoms with Crippen LogP contribution >= 0.6 is 0 Å². The zero-order chi connectivity index (χ0) is 39.8. The highest BCUT2D eigenvalue weighted by Crippen LogP contribution is 2.25. The van der Waals surface area contributed by atoms with Crippen molar-refractivity contribution in [2.45, 2.75) is 90.9 Å². The van der Waals surface area contributed by atoms with Crippen molar-refractivity contribution in [1.82, 2.24) is 0 Å². The van der Waals surface area contributed by atoms with Crippen LogP contribution in [0.1, 0.15) is 107 Å². The number of rotatable bonds is 24. The van der Waals surface area contributed by atoms with Gasteiger partial charge in [0.15, 0.2) is 0 Å². The van der Waals surface area contributed by atoms with E-state index in [-0.39, 0.29) is 0 Å². The normalized spacial score (nSPS) is 11.5. The number of benzene rings is 5. The van der Waals surface area contributed by atoms with E-state index in [0.29, 0.717) is 29.3 Å². The Kier molecular flexibility index (Phi) is 18.2. The van der Waals surface area contributed by atoms with Gasteiger partial charge in [0, 0.05) is 6.21 Å². The lowest BCUT2D eigenvalue weighted by Crippen LogP contribution is -2.08. The highest BCUT2D eigenvalue weighted by atomic mass is 16.5. The summed E-state index contributed by atoms with van der Waals surface area (Å²) in [5.74, 6) is 1.61. The van der Waals surface area contributed by atoms with Crippen molar-refractivity contribution in [3.63, 3.8) is 0 Å². The molecule has 0 saturated heterocycles. The Morgan fingerprint density at radius 2 is 0.912 bits per heavy atom. The molecule has 0 bridgehead atoms. The molecule has 0 heterocycles. The molecule has 5 aromatic carbocycles. The van der Waals surface area contributed by atoms with Crippen molar-refractivity contribution in [3.8, 4) is 17.2 Å². The summed E-state index contributed by atoms with van der Waals surface area (Å²) in [4.78, 5) is 17.5. The van der Waals surface area contributed by atoms with E-state index >= 15 is 0 Å². The van der Waals surface area contributed by atoms with Gasteiger partial charge in [-0.3, -0.25) is 4.99 Å². The number of aliphatic imine (C=N–C) groups is 1. The Balaban J connectivity index is 1.02. The van der Waals surface area contributed by atoms with Crippen LogP contribution in [0.15, 0.2) is 147 Å². The Morgan fingerprint density at radius 1 is 0.474 bits per heavy atom. The molecule has 296 valence electrons. The molecule has 0 N–H and O–H groups in total. The third kappa shape index (κ3) is 16.0. The van der Waals surface area contributed by atoms with Gasteiger partial charge in [-0.2, -0.15) is 20.5 Å². The van der Waals surface area contributed by atoms with Gasteiger partial charge in [0.05, 0.1) is 47.2 Å². The summed E-state index contributed by atoms with van der Waals surface area (Å²) in [6, 6.07) is 36.7. The lowest BCUT2D eigenvalue weighted by Gasteiger charge is -2.06. The Hall–Kier alpha value is -5.96. The summed E-state index contributed by atoms with van der Waals surface area (Å²) in [6.45, 7) is 5.83. The maximum absolute atomic E-state index is 12.9. The standard InChI is InChI=1S/C48H55N5O4/c1-3-5-7-8-9-10-11-12-13-14-35-56-46-32-28-44(29-33-46)53-51-42-24-22-40(23-25-42)49-37-38-16-15-17-47(36-38)57-48(54)39-18-20-41(21-19-39)50-52-43-26-30-45(31-27-43)55-34-6-4-2/h15-33,36-37H,3-14,34-35H2,1-2H3. The van der Waals surface area contributed by atoms with Gasteiger partial charge in [0.2, 0.25) is 0 Å². The van der Waals surface area contributed by atoms with E-state index < -0.39 is 5.97 Å². The first-order chi connectivity index (χ1) is 28.1. The van der Waals surface area contributed by atoms with Crippen LogP contribution in [0.3, 0.4) is 0 Å². The molecular formula is C48H55N5O4. The van der Waals surface area contributed by atoms with E-state index in [4.69, 9.17) is 14.2 Å². The Labute approximate surface area is 338 Å². The fraction of sp³-hybridized carbons (Fsp3) is 0.333. The van der Waals surface area contributed by atoms with Crippen LogP contribution < -0.4 is 14.2 Å². The highest BCUT2D eigenvalue weighted by molar-refractivity contribution is 5.91. The van der Waals surface area contributed by atoms with Crippen LogP contribution in [0, 0.1) is 0 Å². The van der Waals surface area contributed by atoms with Crippen LogP contribution in [0.2, 0.25) is 0 Å². The molecule has 0 atom stereocenters. The number of nitrogens with zero attached hydrogens (tertiary/aromatic N) is 5. The van der Waals surface area contributed by atoms with Crippen molar-refractivity contribution in [1.29, 1.82) is 0 Å². The molecule has 9 heteroatoms. The van der Waals surface area contributed by atoms with E-state index in [9.17, 15) is 4.79 Å². The number of hydrogen-bond acceptors (Lipinski definition) is 9. The largest absolute Gasteiger partial charge is 0.494 e. The number of ether oxygens (including phenoxy) is 3. The minimum atomic E-state index is -0.472. The molecule has 0 aromatic heterocycles. The molecule has 0 aliphatic heterocycles.